The van der Waals surface area contributed by atoms with E-state index in [-0.39, 0.29) is 5.91 Å². The summed E-state index contributed by atoms with van der Waals surface area (Å²) in [6.45, 7) is 0. The third-order valence-corrected chi connectivity index (χ3v) is 3.87. The number of ether oxygens (including phenoxy) is 1. The Morgan fingerprint density at radius 1 is 0.920 bits per heavy atom. The quantitative estimate of drug-likeness (QED) is 0.704. The van der Waals surface area contributed by atoms with Gasteiger partial charge in [-0.15, -0.1) is 0 Å². The Hall–Kier alpha value is -3.40. The number of benzene rings is 3. The molecule has 0 bridgehead atoms. The molecule has 0 atom stereocenters. The maximum atomic E-state index is 12.4. The predicted molar refractivity (Wildman–Crippen MR) is 98.2 cm³/mol. The van der Waals surface area contributed by atoms with Gasteiger partial charge in [-0.3, -0.25) is 9.59 Å². The third-order valence-electron chi connectivity index (χ3n) is 3.87. The summed E-state index contributed by atoms with van der Waals surface area (Å²) in [5.41, 5.74) is 3.62. The first-order chi connectivity index (χ1) is 12.2. The van der Waals surface area contributed by atoms with Crippen LogP contribution in [0, 0.1) is 0 Å². The van der Waals surface area contributed by atoms with Gasteiger partial charge in [0.2, 0.25) is 0 Å². The maximum Gasteiger partial charge on any atom is 0.255 e. The molecular weight excluding hydrogens is 314 g/mol. The summed E-state index contributed by atoms with van der Waals surface area (Å²) in [6.07, 6.45) is 0.698. The Morgan fingerprint density at radius 3 is 2.24 bits per heavy atom. The zero-order valence-electron chi connectivity index (χ0n) is 13.7. The molecule has 0 fully saturated rings. The number of hydrogen-bond donors (Lipinski definition) is 1. The summed E-state index contributed by atoms with van der Waals surface area (Å²) < 4.78 is 5.09. The second kappa shape index (κ2) is 7.45. The first-order valence-electron chi connectivity index (χ1n) is 7.81. The van der Waals surface area contributed by atoms with Crippen molar-refractivity contribution in [1.82, 2.24) is 0 Å². The van der Waals surface area contributed by atoms with Crippen LogP contribution >= 0.6 is 0 Å². The summed E-state index contributed by atoms with van der Waals surface area (Å²) in [7, 11) is 1.49. The Morgan fingerprint density at radius 2 is 1.60 bits per heavy atom. The zero-order valence-corrected chi connectivity index (χ0v) is 13.7. The second-order valence-electron chi connectivity index (χ2n) is 5.47. The van der Waals surface area contributed by atoms with Gasteiger partial charge in [0, 0.05) is 11.3 Å². The van der Waals surface area contributed by atoms with Crippen LogP contribution in [0.15, 0.2) is 72.8 Å². The Bertz CT molecular complexity index is 887. The molecule has 0 saturated carbocycles. The molecule has 0 heterocycles. The van der Waals surface area contributed by atoms with Gasteiger partial charge in [-0.05, 0) is 41.5 Å². The highest BCUT2D eigenvalue weighted by Crippen LogP contribution is 2.22. The van der Waals surface area contributed by atoms with Gasteiger partial charge < -0.3 is 10.1 Å². The maximum absolute atomic E-state index is 12.4. The van der Waals surface area contributed by atoms with Crippen LogP contribution in [0.5, 0.6) is 5.75 Å². The Balaban J connectivity index is 1.76. The van der Waals surface area contributed by atoms with E-state index in [4.69, 9.17) is 4.74 Å². The lowest BCUT2D eigenvalue weighted by Gasteiger charge is -2.09. The van der Waals surface area contributed by atoms with Gasteiger partial charge in [0.05, 0.1) is 12.7 Å². The molecular formula is C21H17NO3. The van der Waals surface area contributed by atoms with Gasteiger partial charge in [0.25, 0.3) is 5.91 Å². The van der Waals surface area contributed by atoms with Crippen molar-refractivity contribution in [1.29, 1.82) is 0 Å². The molecule has 124 valence electrons. The number of anilines is 1. The van der Waals surface area contributed by atoms with Crippen molar-refractivity contribution in [3.05, 3.63) is 83.9 Å². The van der Waals surface area contributed by atoms with Crippen LogP contribution in [0.25, 0.3) is 11.1 Å². The Labute approximate surface area is 146 Å². The van der Waals surface area contributed by atoms with Gasteiger partial charge >= 0.3 is 0 Å². The van der Waals surface area contributed by atoms with E-state index in [9.17, 15) is 9.59 Å². The smallest absolute Gasteiger partial charge is 0.255 e. The number of rotatable bonds is 5. The van der Waals surface area contributed by atoms with Crippen molar-refractivity contribution >= 4 is 17.9 Å². The van der Waals surface area contributed by atoms with E-state index in [0.29, 0.717) is 28.8 Å². The highest BCUT2D eigenvalue weighted by atomic mass is 16.5. The fourth-order valence-corrected chi connectivity index (χ4v) is 2.55. The first kappa shape index (κ1) is 16.5. The van der Waals surface area contributed by atoms with Crippen molar-refractivity contribution < 1.29 is 14.3 Å². The molecule has 0 saturated heterocycles. The zero-order chi connectivity index (χ0) is 17.6. The first-order valence-corrected chi connectivity index (χ1v) is 7.81. The molecule has 0 unspecified atom stereocenters. The average Bonchev–Trinajstić information content (AvgIpc) is 2.68. The topological polar surface area (TPSA) is 55.4 Å². The minimum Gasteiger partial charge on any atom is -0.496 e. The molecule has 1 amide bonds. The molecule has 4 heteroatoms. The predicted octanol–water partition coefficient (Wildman–Crippen LogP) is 4.43. The molecule has 25 heavy (non-hydrogen) atoms. The fourth-order valence-electron chi connectivity index (χ4n) is 2.55. The lowest BCUT2D eigenvalue weighted by atomic mass is 10.0. The van der Waals surface area contributed by atoms with Crippen molar-refractivity contribution in [2.75, 3.05) is 12.4 Å². The largest absolute Gasteiger partial charge is 0.496 e. The number of carbonyl (C=O) groups is 2. The van der Waals surface area contributed by atoms with Gasteiger partial charge in [0.15, 0.2) is 6.29 Å². The monoisotopic (exact) mass is 331 g/mol. The summed E-state index contributed by atoms with van der Waals surface area (Å²) in [5, 5.41) is 2.79. The van der Waals surface area contributed by atoms with E-state index >= 15 is 0 Å². The number of methoxy groups -OCH3 is 1. The van der Waals surface area contributed by atoms with Crippen LogP contribution in [0.4, 0.5) is 5.69 Å². The number of nitrogens with one attached hydrogen (secondary N) is 1. The lowest BCUT2D eigenvalue weighted by molar-refractivity contribution is 0.102. The van der Waals surface area contributed by atoms with Crippen molar-refractivity contribution in [3.8, 4) is 16.9 Å². The van der Waals surface area contributed by atoms with Crippen LogP contribution in [0.1, 0.15) is 20.7 Å². The minimum absolute atomic E-state index is 0.235. The summed E-state index contributed by atoms with van der Waals surface area (Å²) in [6, 6.07) is 22.3. The molecule has 3 aromatic carbocycles. The number of hydrogen-bond acceptors (Lipinski definition) is 3. The standard InChI is InChI=1S/C21H17NO3/c1-25-20-12-11-19(13-18(20)14-23)22-21(24)17-9-7-16(8-10-17)15-5-3-2-4-6-15/h2-14H,1H3,(H,22,24). The molecule has 0 spiro atoms. The van der Waals surface area contributed by atoms with Gasteiger partial charge in [0.1, 0.15) is 5.75 Å². The molecule has 1 N–H and O–H groups in total. The van der Waals surface area contributed by atoms with Gasteiger partial charge in [-0.1, -0.05) is 42.5 Å². The molecule has 0 aromatic heterocycles. The van der Waals surface area contributed by atoms with Crippen LogP contribution in [-0.2, 0) is 0 Å². The molecule has 0 radical (unpaired) electrons. The number of amides is 1. The van der Waals surface area contributed by atoms with Crippen LogP contribution < -0.4 is 10.1 Å². The fraction of sp³-hybridized carbons (Fsp3) is 0.0476. The molecule has 0 aliphatic heterocycles. The normalized spacial score (nSPS) is 10.1. The van der Waals surface area contributed by atoms with Crippen molar-refractivity contribution in [2.24, 2.45) is 0 Å². The highest BCUT2D eigenvalue weighted by molar-refractivity contribution is 6.05. The van der Waals surface area contributed by atoms with E-state index in [0.717, 1.165) is 11.1 Å². The van der Waals surface area contributed by atoms with E-state index < -0.39 is 0 Å². The van der Waals surface area contributed by atoms with Crippen molar-refractivity contribution in [3.63, 3.8) is 0 Å². The Kier molecular flexibility index (Phi) is 4.90. The summed E-state index contributed by atoms with van der Waals surface area (Å²) >= 11 is 0. The van der Waals surface area contributed by atoms with Crippen molar-refractivity contribution in [2.45, 2.75) is 0 Å². The van der Waals surface area contributed by atoms with Crippen LogP contribution in [0.3, 0.4) is 0 Å². The minimum atomic E-state index is -0.235. The van der Waals surface area contributed by atoms with Gasteiger partial charge in [-0.25, -0.2) is 0 Å². The number of carbonyl (C=O) groups excluding carboxylic acids is 2. The van der Waals surface area contributed by atoms with E-state index in [2.05, 4.69) is 5.32 Å². The average molecular weight is 331 g/mol. The molecule has 3 aromatic rings. The van der Waals surface area contributed by atoms with E-state index in [1.807, 2.05) is 42.5 Å². The second-order valence-corrected chi connectivity index (χ2v) is 5.47. The van der Waals surface area contributed by atoms with Crippen LogP contribution in [0.2, 0.25) is 0 Å². The number of aldehydes is 1. The van der Waals surface area contributed by atoms with Crippen LogP contribution in [-0.4, -0.2) is 19.3 Å². The highest BCUT2D eigenvalue weighted by Gasteiger charge is 2.09. The molecule has 0 aliphatic rings. The summed E-state index contributed by atoms with van der Waals surface area (Å²) in [4.78, 5) is 23.5. The van der Waals surface area contributed by atoms with Gasteiger partial charge in [-0.2, -0.15) is 0 Å². The van der Waals surface area contributed by atoms with E-state index in [1.54, 1.807) is 30.3 Å². The molecule has 3 rings (SSSR count). The summed E-state index contributed by atoms with van der Waals surface area (Å²) in [5.74, 6) is 0.238. The lowest BCUT2D eigenvalue weighted by Crippen LogP contribution is -2.12. The molecule has 4 nitrogen and oxygen atoms in total. The third kappa shape index (κ3) is 3.75. The SMILES string of the molecule is COc1ccc(NC(=O)c2ccc(-c3ccccc3)cc2)cc1C=O. The van der Waals surface area contributed by atoms with E-state index in [1.165, 1.54) is 7.11 Å². The molecule has 0 aliphatic carbocycles.